The van der Waals surface area contributed by atoms with Gasteiger partial charge in [-0.1, -0.05) is 12.1 Å². The second-order valence-corrected chi connectivity index (χ2v) is 5.70. The van der Waals surface area contributed by atoms with E-state index in [-0.39, 0.29) is 19.0 Å². The number of ether oxygens (including phenoxy) is 1. The minimum Gasteiger partial charge on any atom is -0.474 e. The summed E-state index contributed by atoms with van der Waals surface area (Å²) in [7, 11) is 0. The van der Waals surface area contributed by atoms with Crippen LogP contribution in [0.1, 0.15) is 6.92 Å². The fourth-order valence-electron chi connectivity index (χ4n) is 2.46. The van der Waals surface area contributed by atoms with Crippen LogP contribution in [0.25, 0.3) is 10.9 Å². The Hall–Kier alpha value is -1.67. The second-order valence-electron chi connectivity index (χ2n) is 5.70. The summed E-state index contributed by atoms with van der Waals surface area (Å²) < 4.78 is 5.67. The Balaban J connectivity index is 0.00000208. The smallest absolute Gasteiger partial charge is 0.229 e. The molecule has 2 heterocycles. The number of piperazine rings is 1. The van der Waals surface area contributed by atoms with Crippen molar-refractivity contribution in [2.45, 2.75) is 19.1 Å². The van der Waals surface area contributed by atoms with E-state index in [0.717, 1.165) is 37.1 Å². The molecule has 1 fully saturated rings. The topological polar surface area (TPSA) is 90.7 Å². The van der Waals surface area contributed by atoms with Gasteiger partial charge in [0.2, 0.25) is 11.8 Å². The molecule has 0 spiro atoms. The van der Waals surface area contributed by atoms with Gasteiger partial charge in [-0.3, -0.25) is 0 Å². The molecule has 1 saturated heterocycles. The van der Waals surface area contributed by atoms with Gasteiger partial charge in [0.25, 0.3) is 0 Å². The van der Waals surface area contributed by atoms with Crippen LogP contribution >= 0.6 is 12.4 Å². The number of nitrogens with one attached hydrogen (secondary N) is 1. The lowest BCUT2D eigenvalue weighted by atomic mass is 10.2. The average molecular weight is 355 g/mol. The van der Waals surface area contributed by atoms with Crippen LogP contribution in [0.4, 0.5) is 5.95 Å². The van der Waals surface area contributed by atoms with Gasteiger partial charge in [0.1, 0.15) is 12.7 Å². The third kappa shape index (κ3) is 4.24. The zero-order valence-electron chi connectivity index (χ0n) is 13.6. The van der Waals surface area contributed by atoms with Crippen molar-refractivity contribution in [1.82, 2.24) is 15.3 Å². The first-order chi connectivity index (χ1) is 11.1. The maximum atomic E-state index is 9.74. The minimum absolute atomic E-state index is 0. The highest BCUT2D eigenvalue weighted by Gasteiger charge is 2.18. The van der Waals surface area contributed by atoms with Crippen LogP contribution in [0.15, 0.2) is 24.3 Å². The number of hydrogen-bond donors (Lipinski definition) is 3. The van der Waals surface area contributed by atoms with E-state index < -0.39 is 12.2 Å². The second kappa shape index (κ2) is 8.43. The SMILES string of the molecule is C[C@@H](O)[C@H](O)COc1nc(N2CCNCC2)nc2ccccc12.Cl. The van der Waals surface area contributed by atoms with Crippen molar-refractivity contribution in [1.29, 1.82) is 0 Å². The first-order valence-electron chi connectivity index (χ1n) is 7.86. The summed E-state index contributed by atoms with van der Waals surface area (Å²) in [4.78, 5) is 11.3. The van der Waals surface area contributed by atoms with E-state index in [9.17, 15) is 10.2 Å². The van der Waals surface area contributed by atoms with Crippen LogP contribution in [-0.2, 0) is 0 Å². The third-order valence-electron chi connectivity index (χ3n) is 3.90. The summed E-state index contributed by atoms with van der Waals surface area (Å²) in [6.07, 6.45) is -1.80. The minimum atomic E-state index is -0.952. The quantitative estimate of drug-likeness (QED) is 0.723. The highest BCUT2D eigenvalue weighted by Crippen LogP contribution is 2.25. The van der Waals surface area contributed by atoms with E-state index in [4.69, 9.17) is 4.74 Å². The van der Waals surface area contributed by atoms with Crippen molar-refractivity contribution < 1.29 is 14.9 Å². The van der Waals surface area contributed by atoms with Gasteiger partial charge >= 0.3 is 0 Å². The predicted molar refractivity (Wildman–Crippen MR) is 95.1 cm³/mol. The Labute approximate surface area is 147 Å². The lowest BCUT2D eigenvalue weighted by molar-refractivity contribution is 0.00167. The van der Waals surface area contributed by atoms with Gasteiger partial charge in [0.05, 0.1) is 17.0 Å². The summed E-state index contributed by atoms with van der Waals surface area (Å²) in [6.45, 7) is 4.99. The number of halogens is 1. The van der Waals surface area contributed by atoms with E-state index in [1.54, 1.807) is 0 Å². The molecule has 24 heavy (non-hydrogen) atoms. The van der Waals surface area contributed by atoms with E-state index in [1.165, 1.54) is 6.92 Å². The van der Waals surface area contributed by atoms with Crippen LogP contribution in [0, 0.1) is 0 Å². The number of hydrogen-bond acceptors (Lipinski definition) is 7. The molecule has 3 N–H and O–H groups in total. The first kappa shape index (κ1) is 18.7. The lowest BCUT2D eigenvalue weighted by Crippen LogP contribution is -2.44. The van der Waals surface area contributed by atoms with Crippen LogP contribution in [-0.4, -0.2) is 65.2 Å². The highest BCUT2D eigenvalue weighted by molar-refractivity contribution is 5.85. The Morgan fingerprint density at radius 1 is 1.21 bits per heavy atom. The summed E-state index contributed by atoms with van der Waals surface area (Å²) >= 11 is 0. The van der Waals surface area contributed by atoms with Gasteiger partial charge in [-0.05, 0) is 19.1 Å². The fourth-order valence-corrected chi connectivity index (χ4v) is 2.46. The number of anilines is 1. The molecule has 1 aromatic carbocycles. The summed E-state index contributed by atoms with van der Waals surface area (Å²) in [5.74, 6) is 1.07. The van der Waals surface area contributed by atoms with E-state index in [2.05, 4.69) is 20.2 Å². The number of nitrogens with zero attached hydrogens (tertiary/aromatic N) is 3. The van der Waals surface area contributed by atoms with Crippen molar-refractivity contribution in [2.24, 2.45) is 0 Å². The van der Waals surface area contributed by atoms with Crippen LogP contribution in [0.5, 0.6) is 5.88 Å². The predicted octanol–water partition coefficient (Wildman–Crippen LogP) is 0.582. The molecule has 0 aliphatic carbocycles. The molecule has 7 nitrogen and oxygen atoms in total. The zero-order valence-corrected chi connectivity index (χ0v) is 14.4. The van der Waals surface area contributed by atoms with Crippen molar-refractivity contribution >= 4 is 29.3 Å². The summed E-state index contributed by atoms with van der Waals surface area (Å²) in [6, 6.07) is 7.63. The van der Waals surface area contributed by atoms with Crippen LogP contribution in [0.3, 0.4) is 0 Å². The molecular weight excluding hydrogens is 332 g/mol. The standard InChI is InChI=1S/C16H22N4O3.ClH/c1-11(21)14(22)10-23-15-12-4-2-3-5-13(12)18-16(19-15)20-8-6-17-7-9-20;/h2-5,11,14,17,21-22H,6-10H2,1H3;1H/t11-,14-;/m1./s1. The highest BCUT2D eigenvalue weighted by atomic mass is 35.5. The molecular formula is C16H23ClN4O3. The molecule has 0 unspecified atom stereocenters. The van der Waals surface area contributed by atoms with Crippen molar-refractivity contribution in [3.8, 4) is 5.88 Å². The Morgan fingerprint density at radius 3 is 2.62 bits per heavy atom. The van der Waals surface area contributed by atoms with E-state index in [1.807, 2.05) is 24.3 Å². The van der Waals surface area contributed by atoms with Gasteiger partial charge in [-0.25, -0.2) is 4.98 Å². The molecule has 1 aliphatic rings. The largest absolute Gasteiger partial charge is 0.474 e. The molecule has 0 bridgehead atoms. The maximum absolute atomic E-state index is 9.74. The number of fused-ring (bicyclic) bond motifs is 1. The molecule has 0 amide bonds. The fraction of sp³-hybridized carbons (Fsp3) is 0.500. The van der Waals surface area contributed by atoms with Gasteiger partial charge < -0.3 is 25.2 Å². The molecule has 0 saturated carbocycles. The van der Waals surface area contributed by atoms with Gasteiger partial charge in [-0.15, -0.1) is 12.4 Å². The molecule has 1 aromatic heterocycles. The maximum Gasteiger partial charge on any atom is 0.229 e. The number of aliphatic hydroxyl groups excluding tert-OH is 2. The average Bonchev–Trinajstić information content (AvgIpc) is 2.59. The number of aliphatic hydroxyl groups is 2. The summed E-state index contributed by atoms with van der Waals surface area (Å²) in [5.41, 5.74) is 0.803. The Kier molecular flexibility index (Phi) is 6.56. The van der Waals surface area contributed by atoms with Gasteiger partial charge in [-0.2, -0.15) is 4.98 Å². The molecule has 1 aliphatic heterocycles. The zero-order chi connectivity index (χ0) is 16.2. The number of rotatable bonds is 5. The van der Waals surface area contributed by atoms with Crippen molar-refractivity contribution in [2.75, 3.05) is 37.7 Å². The third-order valence-corrected chi connectivity index (χ3v) is 3.90. The van der Waals surface area contributed by atoms with E-state index in [0.29, 0.717) is 11.8 Å². The molecule has 8 heteroatoms. The van der Waals surface area contributed by atoms with Crippen molar-refractivity contribution in [3.63, 3.8) is 0 Å². The van der Waals surface area contributed by atoms with Crippen molar-refractivity contribution in [3.05, 3.63) is 24.3 Å². The number of para-hydroxylation sites is 1. The Bertz CT molecular complexity index is 665. The number of benzene rings is 1. The molecule has 2 aromatic rings. The van der Waals surface area contributed by atoms with Crippen LogP contribution in [0.2, 0.25) is 0 Å². The first-order valence-corrected chi connectivity index (χ1v) is 7.86. The molecule has 2 atom stereocenters. The molecule has 132 valence electrons. The monoisotopic (exact) mass is 354 g/mol. The molecule has 0 radical (unpaired) electrons. The van der Waals surface area contributed by atoms with Gasteiger partial charge in [0, 0.05) is 26.2 Å². The summed E-state index contributed by atoms with van der Waals surface area (Å²) in [5, 5.41) is 23.2. The van der Waals surface area contributed by atoms with Crippen LogP contribution < -0.4 is 15.0 Å². The lowest BCUT2D eigenvalue weighted by Gasteiger charge is -2.27. The number of aromatic nitrogens is 2. The normalized spacial score (nSPS) is 17.2. The molecule has 3 rings (SSSR count). The van der Waals surface area contributed by atoms with Gasteiger partial charge in [0.15, 0.2) is 0 Å². The van der Waals surface area contributed by atoms with E-state index >= 15 is 0 Å². The Morgan fingerprint density at radius 2 is 1.92 bits per heavy atom.